The molecule has 52 heavy (non-hydrogen) atoms. The summed E-state index contributed by atoms with van der Waals surface area (Å²) in [5.74, 6) is 0.503. The van der Waals surface area contributed by atoms with Gasteiger partial charge in [-0.15, -0.1) is 0 Å². The number of aliphatic hydroxyl groups is 3. The number of benzene rings is 2. The number of hydrogen-bond donors (Lipinski definition) is 7. The van der Waals surface area contributed by atoms with E-state index in [1.165, 1.54) is 0 Å². The van der Waals surface area contributed by atoms with Crippen LogP contribution in [0.3, 0.4) is 0 Å². The Hall–Kier alpha value is -5.64. The van der Waals surface area contributed by atoms with Crippen LogP contribution in [0.2, 0.25) is 0 Å². The van der Waals surface area contributed by atoms with Gasteiger partial charge in [0, 0.05) is 44.2 Å². The molecule has 3 aromatic heterocycles. The Kier molecular flexibility index (Phi) is 10.5. The van der Waals surface area contributed by atoms with Crippen LogP contribution in [0.5, 0.6) is 0 Å². The van der Waals surface area contributed by atoms with E-state index < -0.39 is 30.2 Å². The van der Waals surface area contributed by atoms with E-state index in [1.54, 1.807) is 35.4 Å². The second kappa shape index (κ2) is 15.7. The third kappa shape index (κ3) is 7.66. The van der Waals surface area contributed by atoms with Gasteiger partial charge in [0.25, 0.3) is 0 Å². The lowest BCUT2D eigenvalue weighted by molar-refractivity contribution is -0.123. The highest BCUT2D eigenvalue weighted by Gasteiger charge is 2.44. The average Bonchev–Trinajstić information content (AvgIpc) is 3.88. The molecule has 0 radical (unpaired) electrons. The highest BCUT2D eigenvalue weighted by molar-refractivity contribution is 5.89. The van der Waals surface area contributed by atoms with E-state index in [9.17, 15) is 24.9 Å². The van der Waals surface area contributed by atoms with Crippen LogP contribution in [0.25, 0.3) is 11.2 Å². The number of carbonyl (C=O) groups excluding carboxylic acids is 2. The molecule has 15 nitrogen and oxygen atoms in total. The van der Waals surface area contributed by atoms with Gasteiger partial charge in [0.05, 0.1) is 36.9 Å². The quantitative estimate of drug-likeness (QED) is 0.100. The van der Waals surface area contributed by atoms with Crippen LogP contribution in [0, 0.1) is 0 Å². The summed E-state index contributed by atoms with van der Waals surface area (Å²) in [6.45, 7) is 1.21. The minimum absolute atomic E-state index is 0.00765. The number of aromatic nitrogens is 5. The van der Waals surface area contributed by atoms with Crippen LogP contribution < -0.4 is 26.2 Å². The molecule has 1 saturated heterocycles. The number of imidazole rings is 1. The molecule has 1 aliphatic carbocycles. The number of amides is 3. The average molecular weight is 707 g/mol. The highest BCUT2D eigenvalue weighted by Crippen LogP contribution is 2.35. The number of fused-ring (bicyclic) bond motifs is 1. The maximum atomic E-state index is 12.8. The summed E-state index contributed by atoms with van der Waals surface area (Å²) in [4.78, 5) is 45.7. The number of anilines is 3. The van der Waals surface area contributed by atoms with Gasteiger partial charge in [0.1, 0.15) is 12.2 Å². The van der Waals surface area contributed by atoms with Crippen LogP contribution in [0.15, 0.2) is 91.5 Å². The first kappa shape index (κ1) is 34.8. The molecular formula is C37H42N10O5. The number of aliphatic hydroxyl groups excluding tert-OH is 3. The lowest BCUT2D eigenvalue weighted by atomic mass is 9.91. The number of carbonyl (C=O) groups is 2. The van der Waals surface area contributed by atoms with Crippen molar-refractivity contribution < 1.29 is 24.9 Å². The van der Waals surface area contributed by atoms with Gasteiger partial charge in [-0.25, -0.2) is 9.78 Å². The molecule has 1 unspecified atom stereocenters. The van der Waals surface area contributed by atoms with E-state index in [1.807, 2.05) is 41.3 Å². The predicted octanol–water partition coefficient (Wildman–Crippen LogP) is 2.40. The Labute approximate surface area is 300 Å². The Bertz CT molecular complexity index is 1930. The molecular weight excluding hydrogens is 664 g/mol. The van der Waals surface area contributed by atoms with Crippen molar-refractivity contribution in [1.82, 2.24) is 35.1 Å². The minimum atomic E-state index is -1.23. The van der Waals surface area contributed by atoms with Crippen molar-refractivity contribution >= 4 is 40.6 Å². The molecule has 7 rings (SSSR count). The number of nitrogens with one attached hydrogen (secondary N) is 4. The fourth-order valence-electron chi connectivity index (χ4n) is 7.07. The number of nitrogens with zero attached hydrogens (tertiary/aromatic N) is 6. The van der Waals surface area contributed by atoms with Crippen LogP contribution in [0.4, 0.5) is 22.2 Å². The third-order valence-corrected chi connectivity index (χ3v) is 9.71. The number of urea groups is 1. The smallest absolute Gasteiger partial charge is 0.319 e. The molecule has 2 aromatic carbocycles. The molecule has 15 heteroatoms. The summed E-state index contributed by atoms with van der Waals surface area (Å²) >= 11 is 0. The van der Waals surface area contributed by atoms with E-state index in [0.29, 0.717) is 54.7 Å². The summed E-state index contributed by atoms with van der Waals surface area (Å²) in [5, 5.41) is 43.4. The van der Waals surface area contributed by atoms with Crippen LogP contribution in [0.1, 0.15) is 42.3 Å². The first-order valence-corrected chi connectivity index (χ1v) is 17.4. The molecule has 2 fully saturated rings. The van der Waals surface area contributed by atoms with Crippen LogP contribution in [-0.2, 0) is 4.79 Å². The highest BCUT2D eigenvalue weighted by atomic mass is 16.3. The summed E-state index contributed by atoms with van der Waals surface area (Å²) in [6, 6.07) is 22.1. The number of rotatable bonds is 12. The van der Waals surface area contributed by atoms with Gasteiger partial charge in [-0.2, -0.15) is 9.97 Å². The molecule has 3 amide bonds. The fourth-order valence-corrected chi connectivity index (χ4v) is 7.07. The van der Waals surface area contributed by atoms with Gasteiger partial charge in [0.2, 0.25) is 11.9 Å². The largest absolute Gasteiger partial charge is 0.396 e. The van der Waals surface area contributed by atoms with Crippen molar-refractivity contribution in [1.29, 1.82) is 0 Å². The maximum absolute atomic E-state index is 12.8. The maximum Gasteiger partial charge on any atom is 0.319 e. The fraction of sp³-hybridized carbons (Fsp3) is 0.351. The van der Waals surface area contributed by atoms with Crippen LogP contribution in [-0.4, -0.2) is 102 Å². The summed E-state index contributed by atoms with van der Waals surface area (Å²) in [7, 11) is 0. The van der Waals surface area contributed by atoms with Gasteiger partial charge in [-0.05, 0) is 36.1 Å². The van der Waals surface area contributed by atoms with Gasteiger partial charge >= 0.3 is 6.03 Å². The first-order valence-electron chi connectivity index (χ1n) is 17.4. The van der Waals surface area contributed by atoms with Crippen LogP contribution >= 0.6 is 0 Å². The van der Waals surface area contributed by atoms with Gasteiger partial charge in [-0.1, -0.05) is 60.7 Å². The van der Waals surface area contributed by atoms with Gasteiger partial charge < -0.3 is 46.1 Å². The molecule has 5 aromatic rings. The molecule has 1 aliphatic heterocycles. The summed E-state index contributed by atoms with van der Waals surface area (Å²) < 4.78 is 1.73. The van der Waals surface area contributed by atoms with E-state index in [4.69, 9.17) is 15.0 Å². The third-order valence-electron chi connectivity index (χ3n) is 9.71. The van der Waals surface area contributed by atoms with Gasteiger partial charge in [-0.3, -0.25) is 9.78 Å². The van der Waals surface area contributed by atoms with E-state index in [2.05, 4.69) is 50.5 Å². The van der Waals surface area contributed by atoms with Crippen molar-refractivity contribution in [3.8, 4) is 0 Å². The second-order valence-electron chi connectivity index (χ2n) is 13.2. The minimum Gasteiger partial charge on any atom is -0.396 e. The monoisotopic (exact) mass is 706 g/mol. The summed E-state index contributed by atoms with van der Waals surface area (Å²) in [5.41, 5.74) is 3.79. The molecule has 0 bridgehead atoms. The Morgan fingerprint density at radius 3 is 2.37 bits per heavy atom. The zero-order chi connectivity index (χ0) is 36.0. The Morgan fingerprint density at radius 1 is 0.923 bits per heavy atom. The topological polar surface area (TPSA) is 203 Å². The zero-order valence-corrected chi connectivity index (χ0v) is 28.4. The molecule has 270 valence electrons. The SMILES string of the molecule is O=C(CCO)N[C@H]1C[C@@H](n2cnc3c(NCC(c4ccccc4)c4ccccc4)nc(N4CCC(NC(=O)Nc5cccnc5)C4)nc32)[C@H](O)[C@@H]1O. The number of hydrogen-bond acceptors (Lipinski definition) is 11. The van der Waals surface area contributed by atoms with Crippen molar-refractivity contribution in [3.05, 3.63) is 103 Å². The standard InChI is InChI=1S/C37H42N10O5/c48-17-14-30(49)43-28-18-29(33(51)32(28)50)47-22-40-31-34(39-20-27(23-8-3-1-4-9-23)24-10-5-2-6-11-24)44-36(45-35(31)47)46-16-13-26(21-46)42-37(52)41-25-12-7-15-38-19-25/h1-12,15,19,22,26-29,32-33,48,50-51H,13-14,16-18,20-21H2,(H,43,49)(H,39,44,45)(H2,41,42,52)/t26?,28-,29+,32+,33-/m0/s1. The number of pyridine rings is 1. The second-order valence-corrected chi connectivity index (χ2v) is 13.2. The van der Waals surface area contributed by atoms with Crippen molar-refractivity contribution in [2.24, 2.45) is 0 Å². The van der Waals surface area contributed by atoms with E-state index in [-0.39, 0.29) is 37.4 Å². The Morgan fingerprint density at radius 2 is 1.67 bits per heavy atom. The van der Waals surface area contributed by atoms with E-state index in [0.717, 1.165) is 11.1 Å². The van der Waals surface area contributed by atoms with Crippen molar-refractivity contribution in [3.63, 3.8) is 0 Å². The molecule has 0 spiro atoms. The lowest BCUT2D eigenvalue weighted by Gasteiger charge is -2.22. The Balaban J connectivity index is 1.18. The molecule has 2 aliphatic rings. The molecule has 4 heterocycles. The normalized spacial score (nSPS) is 21.4. The molecule has 5 atom stereocenters. The summed E-state index contributed by atoms with van der Waals surface area (Å²) in [6.07, 6.45) is 3.12. The molecule has 1 saturated carbocycles. The molecule has 7 N–H and O–H groups in total. The first-order chi connectivity index (χ1) is 25.4. The zero-order valence-electron chi connectivity index (χ0n) is 28.4. The van der Waals surface area contributed by atoms with Crippen molar-refractivity contribution in [2.75, 3.05) is 41.8 Å². The lowest BCUT2D eigenvalue weighted by Crippen LogP contribution is -2.43. The van der Waals surface area contributed by atoms with Crippen molar-refractivity contribution in [2.45, 2.75) is 55.5 Å². The van der Waals surface area contributed by atoms with E-state index >= 15 is 0 Å². The van der Waals surface area contributed by atoms with Gasteiger partial charge in [0.15, 0.2) is 17.0 Å². The predicted molar refractivity (Wildman–Crippen MR) is 195 cm³/mol.